The highest BCUT2D eigenvalue weighted by Crippen LogP contribution is 2.18. The second kappa shape index (κ2) is 4.55. The summed E-state index contributed by atoms with van der Waals surface area (Å²) in [4.78, 5) is 10.5. The predicted octanol–water partition coefficient (Wildman–Crippen LogP) is 0.957. The maximum atomic E-state index is 11.6. The third-order valence-electron chi connectivity index (χ3n) is 2.17. The second-order valence-electron chi connectivity index (χ2n) is 3.15. The quantitative estimate of drug-likeness (QED) is 0.704. The van der Waals surface area contributed by atoms with Gasteiger partial charge in [-0.2, -0.15) is 0 Å². The summed E-state index contributed by atoms with van der Waals surface area (Å²) in [6, 6.07) is 6.95. The van der Waals surface area contributed by atoms with E-state index in [1.165, 1.54) is 0 Å². The highest BCUT2D eigenvalue weighted by atomic mass is 32.2. The van der Waals surface area contributed by atoms with Gasteiger partial charge in [-0.3, -0.25) is 9.10 Å². The molecule has 2 rings (SSSR count). The number of hydrogen-bond acceptors (Lipinski definition) is 3. The van der Waals surface area contributed by atoms with Crippen LogP contribution < -0.4 is 4.31 Å². The lowest BCUT2D eigenvalue weighted by atomic mass is 10.2. The van der Waals surface area contributed by atoms with Gasteiger partial charge in [0.25, 0.3) is 0 Å². The number of benzene rings is 1. The number of anilines is 1. The molecular weight excluding hydrogens is 214 g/mol. The van der Waals surface area contributed by atoms with Crippen LogP contribution in [0.25, 0.3) is 0 Å². The van der Waals surface area contributed by atoms with Crippen molar-refractivity contribution in [3.8, 4) is 0 Å². The number of rotatable bonds is 2. The Labute approximate surface area is 90.4 Å². The van der Waals surface area contributed by atoms with E-state index in [2.05, 4.69) is 0 Å². The molecule has 0 N–H and O–H groups in total. The number of carbonyl (C=O) groups is 1. The molecule has 5 heteroatoms. The van der Waals surface area contributed by atoms with Gasteiger partial charge in [-0.15, -0.1) is 0 Å². The summed E-state index contributed by atoms with van der Waals surface area (Å²) in [6.07, 6.45) is 0.785. The SMILES string of the molecule is O=Cc1ccc(N2COCCS2=O)cc1. The molecule has 1 unspecified atom stereocenters. The standard InChI is InChI=1S/C10H11NO3S/c12-7-9-1-3-10(4-2-9)11-8-14-5-6-15(11)13/h1-4,7H,5-6,8H2. The molecule has 1 aliphatic rings. The van der Waals surface area contributed by atoms with Crippen LogP contribution in [-0.4, -0.2) is 29.6 Å². The van der Waals surface area contributed by atoms with E-state index in [9.17, 15) is 9.00 Å². The van der Waals surface area contributed by atoms with Gasteiger partial charge >= 0.3 is 0 Å². The van der Waals surface area contributed by atoms with Gasteiger partial charge in [0.2, 0.25) is 0 Å². The minimum atomic E-state index is -1.02. The van der Waals surface area contributed by atoms with Gasteiger partial charge in [-0.25, -0.2) is 4.21 Å². The Morgan fingerprint density at radius 3 is 2.67 bits per heavy atom. The zero-order chi connectivity index (χ0) is 10.7. The van der Waals surface area contributed by atoms with Crippen LogP contribution in [0.4, 0.5) is 5.69 Å². The highest BCUT2D eigenvalue weighted by Gasteiger charge is 2.18. The molecule has 1 atom stereocenters. The molecule has 0 saturated carbocycles. The topological polar surface area (TPSA) is 46.6 Å². The zero-order valence-corrected chi connectivity index (χ0v) is 8.90. The maximum absolute atomic E-state index is 11.6. The third kappa shape index (κ3) is 2.24. The van der Waals surface area contributed by atoms with E-state index in [0.29, 0.717) is 24.7 Å². The lowest BCUT2D eigenvalue weighted by molar-refractivity contribution is 0.112. The summed E-state index contributed by atoms with van der Waals surface area (Å²) in [5.41, 5.74) is 1.43. The van der Waals surface area contributed by atoms with Crippen LogP contribution in [0.3, 0.4) is 0 Å². The van der Waals surface area contributed by atoms with Crippen LogP contribution in [0.5, 0.6) is 0 Å². The molecule has 0 spiro atoms. The molecule has 0 aliphatic carbocycles. The van der Waals surface area contributed by atoms with E-state index < -0.39 is 11.0 Å². The molecule has 0 radical (unpaired) electrons. The first-order valence-corrected chi connectivity index (χ1v) is 5.88. The lowest BCUT2D eigenvalue weighted by Crippen LogP contribution is -2.36. The van der Waals surface area contributed by atoms with Crippen molar-refractivity contribution >= 4 is 23.0 Å². The van der Waals surface area contributed by atoms with E-state index in [1.807, 2.05) is 0 Å². The van der Waals surface area contributed by atoms with Crippen molar-refractivity contribution in [3.63, 3.8) is 0 Å². The Balaban J connectivity index is 2.20. The summed E-state index contributed by atoms with van der Waals surface area (Å²) in [7, 11) is -1.02. The minimum absolute atomic E-state index is 0.340. The highest BCUT2D eigenvalue weighted by molar-refractivity contribution is 7.86. The van der Waals surface area contributed by atoms with Crippen molar-refractivity contribution in [2.45, 2.75) is 0 Å². The van der Waals surface area contributed by atoms with Crippen molar-refractivity contribution < 1.29 is 13.7 Å². The molecule has 4 nitrogen and oxygen atoms in total. The van der Waals surface area contributed by atoms with Crippen LogP contribution >= 0.6 is 0 Å². The van der Waals surface area contributed by atoms with E-state index in [1.54, 1.807) is 28.6 Å². The molecule has 0 aromatic heterocycles. The number of ether oxygens (including phenoxy) is 1. The van der Waals surface area contributed by atoms with Crippen molar-refractivity contribution in [3.05, 3.63) is 29.8 Å². The Kier molecular flexibility index (Phi) is 3.13. The number of carbonyl (C=O) groups excluding carboxylic acids is 1. The molecule has 1 aromatic carbocycles. The third-order valence-corrected chi connectivity index (χ3v) is 3.50. The van der Waals surface area contributed by atoms with Crippen LogP contribution in [-0.2, 0) is 15.7 Å². The molecule has 1 aliphatic heterocycles. The summed E-state index contributed by atoms with van der Waals surface area (Å²) in [5, 5.41) is 0. The molecule has 0 bridgehead atoms. The van der Waals surface area contributed by atoms with Gasteiger partial charge in [-0.1, -0.05) is 0 Å². The molecule has 80 valence electrons. The van der Waals surface area contributed by atoms with Gasteiger partial charge in [0, 0.05) is 5.56 Å². The van der Waals surface area contributed by atoms with Crippen LogP contribution in [0.1, 0.15) is 10.4 Å². The summed E-state index contributed by atoms with van der Waals surface area (Å²) < 4.78 is 18.5. The Hall–Kier alpha value is -1.20. The Morgan fingerprint density at radius 2 is 2.07 bits per heavy atom. The largest absolute Gasteiger partial charge is 0.359 e. The normalized spacial score (nSPS) is 21.3. The molecule has 15 heavy (non-hydrogen) atoms. The van der Waals surface area contributed by atoms with Crippen molar-refractivity contribution in [1.29, 1.82) is 0 Å². The van der Waals surface area contributed by atoms with Gasteiger partial charge in [0.15, 0.2) is 0 Å². The second-order valence-corrected chi connectivity index (χ2v) is 4.64. The first-order chi connectivity index (χ1) is 7.31. The Bertz CT molecular complexity index is 377. The molecular formula is C10H11NO3S. The number of aldehydes is 1. The fraction of sp³-hybridized carbons (Fsp3) is 0.300. The van der Waals surface area contributed by atoms with Gasteiger partial charge in [0.1, 0.15) is 24.0 Å². The summed E-state index contributed by atoms with van der Waals surface area (Å²) >= 11 is 0. The smallest absolute Gasteiger partial charge is 0.150 e. The molecule has 1 aromatic rings. The van der Waals surface area contributed by atoms with E-state index in [0.717, 1.165) is 12.0 Å². The lowest BCUT2D eigenvalue weighted by Gasteiger charge is -2.27. The fourth-order valence-electron chi connectivity index (χ4n) is 1.36. The van der Waals surface area contributed by atoms with Crippen molar-refractivity contribution in [1.82, 2.24) is 0 Å². The first-order valence-electron chi connectivity index (χ1n) is 4.60. The van der Waals surface area contributed by atoms with Gasteiger partial charge < -0.3 is 4.74 Å². The molecule has 1 saturated heterocycles. The van der Waals surface area contributed by atoms with Gasteiger partial charge in [0.05, 0.1) is 18.0 Å². The van der Waals surface area contributed by atoms with E-state index in [-0.39, 0.29) is 0 Å². The van der Waals surface area contributed by atoms with E-state index >= 15 is 0 Å². The average molecular weight is 225 g/mol. The number of hydrogen-bond donors (Lipinski definition) is 0. The van der Waals surface area contributed by atoms with Crippen molar-refractivity contribution in [2.75, 3.05) is 23.4 Å². The first kappa shape index (κ1) is 10.3. The maximum Gasteiger partial charge on any atom is 0.150 e. The van der Waals surface area contributed by atoms with Crippen LogP contribution in [0.2, 0.25) is 0 Å². The van der Waals surface area contributed by atoms with Crippen LogP contribution in [0, 0.1) is 0 Å². The Morgan fingerprint density at radius 1 is 1.33 bits per heavy atom. The molecule has 0 amide bonds. The molecule has 1 heterocycles. The zero-order valence-electron chi connectivity index (χ0n) is 8.09. The fourth-order valence-corrected chi connectivity index (χ4v) is 2.39. The summed E-state index contributed by atoms with van der Waals surface area (Å²) in [5.74, 6) is 0.523. The van der Waals surface area contributed by atoms with Gasteiger partial charge in [-0.05, 0) is 24.3 Å². The van der Waals surface area contributed by atoms with Crippen molar-refractivity contribution in [2.24, 2.45) is 0 Å². The monoisotopic (exact) mass is 225 g/mol. The molecule has 1 fully saturated rings. The summed E-state index contributed by atoms with van der Waals surface area (Å²) in [6.45, 7) is 0.878. The number of nitrogens with zero attached hydrogens (tertiary/aromatic N) is 1. The minimum Gasteiger partial charge on any atom is -0.359 e. The van der Waals surface area contributed by atoms with Crippen LogP contribution in [0.15, 0.2) is 24.3 Å². The van der Waals surface area contributed by atoms with E-state index in [4.69, 9.17) is 4.74 Å². The predicted molar refractivity (Wildman–Crippen MR) is 58.1 cm³/mol. The average Bonchev–Trinajstić information content (AvgIpc) is 2.30.